The summed E-state index contributed by atoms with van der Waals surface area (Å²) >= 11 is 12.4. The van der Waals surface area contributed by atoms with E-state index in [0.717, 1.165) is 0 Å². The zero-order chi connectivity index (χ0) is 10.2. The van der Waals surface area contributed by atoms with Crippen LogP contribution in [0.25, 0.3) is 0 Å². The van der Waals surface area contributed by atoms with Crippen molar-refractivity contribution < 1.29 is 0 Å². The van der Waals surface area contributed by atoms with Gasteiger partial charge in [-0.2, -0.15) is 0 Å². The summed E-state index contributed by atoms with van der Waals surface area (Å²) in [6, 6.07) is 0. The lowest BCUT2D eigenvalue weighted by atomic mass is 10.1. The first-order valence-corrected chi connectivity index (χ1v) is 7.54. The molecule has 12 heavy (non-hydrogen) atoms. The fourth-order valence-electron chi connectivity index (χ4n) is 0.527. The van der Waals surface area contributed by atoms with Gasteiger partial charge in [0.05, 0.1) is 5.54 Å². The maximum absolute atomic E-state index is 6.21. The van der Waals surface area contributed by atoms with Crippen LogP contribution in [0.3, 0.4) is 0 Å². The van der Waals surface area contributed by atoms with Crippen molar-refractivity contribution in [1.82, 2.24) is 0 Å². The maximum Gasteiger partial charge on any atom is 0.142 e. The Morgan fingerprint density at radius 3 is 1.33 bits per heavy atom. The topological polar surface area (TPSA) is 12.4 Å². The van der Waals surface area contributed by atoms with Crippen LogP contribution in [-0.4, -0.2) is 10.7 Å². The number of rotatable bonds is 0. The zero-order valence-electron chi connectivity index (χ0n) is 8.65. The molecule has 0 fully saturated rings. The van der Waals surface area contributed by atoms with E-state index in [1.165, 1.54) is 0 Å². The third-order valence-corrected chi connectivity index (χ3v) is 7.19. The Kier molecular flexibility index (Phi) is 3.75. The predicted octanol–water partition coefficient (Wildman–Crippen LogP) is 5.09. The van der Waals surface area contributed by atoms with Gasteiger partial charge < -0.3 is 0 Å². The first-order chi connectivity index (χ1) is 4.96. The molecule has 0 aromatic rings. The van der Waals surface area contributed by atoms with Crippen LogP contribution in [0, 0.1) is 0 Å². The van der Waals surface area contributed by atoms with Gasteiger partial charge in [-0.3, -0.25) is 4.74 Å². The predicted molar refractivity (Wildman–Crippen MR) is 60.6 cm³/mol. The van der Waals surface area contributed by atoms with E-state index < -0.39 is 5.76 Å². The molecule has 0 spiro atoms. The van der Waals surface area contributed by atoms with E-state index in [4.69, 9.17) is 22.5 Å². The van der Waals surface area contributed by atoms with Crippen molar-refractivity contribution in [2.75, 3.05) is 0 Å². The highest BCUT2D eigenvalue weighted by Gasteiger charge is 2.31. The highest BCUT2D eigenvalue weighted by atomic mass is 35.9. The van der Waals surface area contributed by atoms with E-state index in [-0.39, 0.29) is 10.7 Å². The lowest BCUT2D eigenvalue weighted by molar-refractivity contribution is 0.587. The van der Waals surface area contributed by atoms with Gasteiger partial charge in [0.15, 0.2) is 0 Å². The first-order valence-electron chi connectivity index (χ1n) is 3.99. The van der Waals surface area contributed by atoms with Crippen LogP contribution >= 0.6 is 28.2 Å². The molecule has 0 bridgehead atoms. The minimum atomic E-state index is -2.18. The van der Waals surface area contributed by atoms with Crippen molar-refractivity contribution in [3.63, 3.8) is 0 Å². The molecular weight excluding hydrogens is 212 g/mol. The maximum atomic E-state index is 6.21. The Morgan fingerprint density at radius 1 is 0.917 bits per heavy atom. The number of halogens is 2. The van der Waals surface area contributed by atoms with E-state index in [1.54, 1.807) is 0 Å². The zero-order valence-corrected chi connectivity index (χ0v) is 11.1. The van der Waals surface area contributed by atoms with Gasteiger partial charge >= 0.3 is 0 Å². The smallest absolute Gasteiger partial charge is 0.142 e. The van der Waals surface area contributed by atoms with Crippen LogP contribution in [-0.2, 0) is 0 Å². The Balaban J connectivity index is 4.99. The lowest BCUT2D eigenvalue weighted by Crippen LogP contribution is -2.14. The molecule has 74 valence electrons. The summed E-state index contributed by atoms with van der Waals surface area (Å²) in [5, 5.41) is -0.122. The van der Waals surface area contributed by atoms with Crippen molar-refractivity contribution in [2.45, 2.75) is 52.2 Å². The van der Waals surface area contributed by atoms with Crippen molar-refractivity contribution in [2.24, 2.45) is 4.74 Å². The molecule has 0 aromatic heterocycles. The normalized spacial score (nSPS) is 14.7. The third-order valence-electron chi connectivity index (χ3n) is 1.23. The molecule has 0 aliphatic rings. The molecule has 0 aliphatic heterocycles. The van der Waals surface area contributed by atoms with E-state index in [1.807, 2.05) is 41.5 Å². The average Bonchev–Trinajstić information content (AvgIpc) is 1.52. The van der Waals surface area contributed by atoms with Gasteiger partial charge in [0.25, 0.3) is 0 Å². The Labute approximate surface area is 85.5 Å². The fraction of sp³-hybridized carbons (Fsp3) is 1.00. The van der Waals surface area contributed by atoms with E-state index in [0.29, 0.717) is 0 Å². The molecule has 0 N–H and O–H groups in total. The molecule has 0 rings (SSSR count). The van der Waals surface area contributed by atoms with Gasteiger partial charge in [0, 0.05) is 5.16 Å². The van der Waals surface area contributed by atoms with E-state index in [9.17, 15) is 0 Å². The molecule has 0 atom stereocenters. The molecule has 0 aromatic carbocycles. The van der Waals surface area contributed by atoms with E-state index in [2.05, 4.69) is 4.74 Å². The van der Waals surface area contributed by atoms with Crippen LogP contribution in [0.15, 0.2) is 4.74 Å². The molecule has 4 heteroatoms. The van der Waals surface area contributed by atoms with Gasteiger partial charge in [-0.1, -0.05) is 43.3 Å². The minimum Gasteiger partial charge on any atom is -0.267 e. The molecule has 0 unspecified atom stereocenters. The van der Waals surface area contributed by atoms with Crippen molar-refractivity contribution >= 4 is 28.2 Å². The summed E-state index contributed by atoms with van der Waals surface area (Å²) in [4.78, 5) is 0. The van der Waals surface area contributed by atoms with Crippen molar-refractivity contribution in [3.05, 3.63) is 0 Å². The molecular formula is C8H18Cl2NP. The second-order valence-electron chi connectivity index (χ2n) is 4.93. The highest BCUT2D eigenvalue weighted by Crippen LogP contribution is 2.70. The second kappa shape index (κ2) is 3.52. The molecule has 0 radical (unpaired) electrons. The average molecular weight is 230 g/mol. The number of nitrogens with zero attached hydrogens (tertiary/aromatic N) is 1. The molecule has 1 nitrogen and oxygen atoms in total. The van der Waals surface area contributed by atoms with Gasteiger partial charge in [-0.05, 0) is 20.8 Å². The molecule has 0 heterocycles. The molecule has 0 aliphatic carbocycles. The largest absolute Gasteiger partial charge is 0.267 e. The standard InChI is InChI=1S/C8H18Cl2NP/c1-7(2,3)11-12(9,10)8(4,5)6/h1-6H3. The monoisotopic (exact) mass is 229 g/mol. The minimum absolute atomic E-state index is 0.122. The van der Waals surface area contributed by atoms with Crippen LogP contribution in [0.5, 0.6) is 0 Å². The Hall–Kier alpha value is 0.810. The van der Waals surface area contributed by atoms with Gasteiger partial charge in [-0.25, -0.2) is 0 Å². The molecule has 0 saturated heterocycles. The van der Waals surface area contributed by atoms with Crippen LogP contribution in [0.1, 0.15) is 41.5 Å². The summed E-state index contributed by atoms with van der Waals surface area (Å²) in [7, 11) is 0. The summed E-state index contributed by atoms with van der Waals surface area (Å²) < 4.78 is 4.45. The van der Waals surface area contributed by atoms with Crippen LogP contribution in [0.4, 0.5) is 0 Å². The Morgan fingerprint density at radius 2 is 1.25 bits per heavy atom. The molecule has 0 amide bonds. The molecule has 0 saturated carbocycles. The third kappa shape index (κ3) is 4.16. The fourth-order valence-corrected chi connectivity index (χ4v) is 2.94. The summed E-state index contributed by atoms with van der Waals surface area (Å²) in [5.41, 5.74) is -0.148. The lowest BCUT2D eigenvalue weighted by Gasteiger charge is -2.28. The van der Waals surface area contributed by atoms with Crippen molar-refractivity contribution in [1.29, 1.82) is 0 Å². The summed E-state index contributed by atoms with van der Waals surface area (Å²) in [6.45, 7) is 12.1. The first kappa shape index (κ1) is 12.8. The number of hydrogen-bond acceptors (Lipinski definition) is 1. The highest BCUT2D eigenvalue weighted by molar-refractivity contribution is 8.11. The van der Waals surface area contributed by atoms with Gasteiger partial charge in [-0.15, -0.1) is 0 Å². The summed E-state index contributed by atoms with van der Waals surface area (Å²) in [5.74, 6) is -2.18. The quantitative estimate of drug-likeness (QED) is 0.514. The van der Waals surface area contributed by atoms with Gasteiger partial charge in [0.2, 0.25) is 0 Å². The second-order valence-corrected chi connectivity index (χ2v) is 10.9. The summed E-state index contributed by atoms with van der Waals surface area (Å²) in [6.07, 6.45) is 0. The van der Waals surface area contributed by atoms with Crippen LogP contribution in [0.2, 0.25) is 0 Å². The van der Waals surface area contributed by atoms with E-state index >= 15 is 0 Å². The SMILES string of the molecule is CC(C)(C)N=P(Cl)(Cl)C(C)(C)C. The van der Waals surface area contributed by atoms with Crippen molar-refractivity contribution in [3.8, 4) is 0 Å². The Bertz CT molecular complexity index is 204. The van der Waals surface area contributed by atoms with Gasteiger partial charge in [0.1, 0.15) is 5.76 Å². The van der Waals surface area contributed by atoms with Crippen LogP contribution < -0.4 is 0 Å². The number of hydrogen-bond donors (Lipinski definition) is 0.